The van der Waals surface area contributed by atoms with Crippen molar-refractivity contribution >= 4 is 11.7 Å². The van der Waals surface area contributed by atoms with E-state index in [-0.39, 0.29) is 11.4 Å². The van der Waals surface area contributed by atoms with E-state index in [4.69, 9.17) is 0 Å². The maximum atomic E-state index is 12.8. The zero-order valence-corrected chi connectivity index (χ0v) is 13.0. The van der Waals surface area contributed by atoms with Crippen LogP contribution < -0.4 is 10.9 Å². The highest BCUT2D eigenvalue weighted by molar-refractivity contribution is 5.72. The molecule has 2 N–H and O–H groups in total. The van der Waals surface area contributed by atoms with Crippen LogP contribution in [-0.4, -0.2) is 27.2 Å². The second kappa shape index (κ2) is 6.82. The van der Waals surface area contributed by atoms with Crippen molar-refractivity contribution in [1.82, 2.24) is 9.55 Å². The van der Waals surface area contributed by atoms with Crippen molar-refractivity contribution in [2.45, 2.75) is 31.7 Å². The molecule has 0 spiro atoms. The Morgan fingerprint density at radius 3 is 2.83 bits per heavy atom. The summed E-state index contributed by atoms with van der Waals surface area (Å²) in [6.07, 6.45) is 3.87. The number of halogens is 1. The van der Waals surface area contributed by atoms with E-state index in [1.165, 1.54) is 22.9 Å². The van der Waals surface area contributed by atoms with Crippen molar-refractivity contribution in [3.05, 3.63) is 58.0 Å². The van der Waals surface area contributed by atoms with E-state index in [9.17, 15) is 19.1 Å². The minimum absolute atomic E-state index is 0.262. The maximum absolute atomic E-state index is 12.8. The molecule has 0 saturated heterocycles. The molecule has 1 aromatic carbocycles. The average molecular weight is 331 g/mol. The molecule has 0 saturated carbocycles. The molecule has 0 fully saturated rings. The minimum atomic E-state index is -1.01. The van der Waals surface area contributed by atoms with Crippen LogP contribution in [0.3, 0.4) is 0 Å². The third-order valence-corrected chi connectivity index (χ3v) is 4.18. The second-order valence-corrected chi connectivity index (χ2v) is 5.81. The van der Waals surface area contributed by atoms with Gasteiger partial charge in [0.2, 0.25) is 0 Å². The van der Waals surface area contributed by atoms with Gasteiger partial charge in [-0.15, -0.1) is 0 Å². The summed E-state index contributed by atoms with van der Waals surface area (Å²) in [6.45, 7) is 0.547. The van der Waals surface area contributed by atoms with E-state index in [0.29, 0.717) is 30.9 Å². The van der Waals surface area contributed by atoms with E-state index in [1.807, 2.05) is 0 Å². The van der Waals surface area contributed by atoms with Crippen molar-refractivity contribution in [2.75, 3.05) is 11.9 Å². The predicted molar refractivity (Wildman–Crippen MR) is 86.7 cm³/mol. The Labute approximate surface area is 138 Å². The molecule has 2 heterocycles. The zero-order chi connectivity index (χ0) is 17.1. The average Bonchev–Trinajstić information content (AvgIpc) is 3.00. The molecule has 1 aliphatic rings. The summed E-state index contributed by atoms with van der Waals surface area (Å²) >= 11 is 0. The van der Waals surface area contributed by atoms with Crippen LogP contribution >= 0.6 is 0 Å². The fraction of sp³-hybridized carbons (Fsp3) is 0.353. The Bertz CT molecular complexity index is 802. The molecule has 1 aliphatic heterocycles. The topological polar surface area (TPSA) is 84.2 Å². The third kappa shape index (κ3) is 3.29. The number of rotatable bonds is 6. The Morgan fingerprint density at radius 1 is 1.38 bits per heavy atom. The summed E-state index contributed by atoms with van der Waals surface area (Å²) in [7, 11) is 0. The molecule has 6 nitrogen and oxygen atoms in total. The fourth-order valence-electron chi connectivity index (χ4n) is 2.93. The molecule has 0 radical (unpaired) electrons. The molecule has 126 valence electrons. The highest BCUT2D eigenvalue weighted by atomic mass is 19.1. The SMILES string of the molecule is O=C(O)[C@@H]1CCc2ncc(NCCCc3ccc(F)cc3)c(=O)n21. The lowest BCUT2D eigenvalue weighted by atomic mass is 10.1. The molecule has 3 rings (SSSR count). The van der Waals surface area contributed by atoms with Crippen molar-refractivity contribution in [3.63, 3.8) is 0 Å². The Morgan fingerprint density at radius 2 is 2.12 bits per heavy atom. The van der Waals surface area contributed by atoms with E-state index in [0.717, 1.165) is 18.4 Å². The second-order valence-electron chi connectivity index (χ2n) is 5.81. The van der Waals surface area contributed by atoms with Gasteiger partial charge in [0.05, 0.1) is 6.20 Å². The van der Waals surface area contributed by atoms with Crippen LogP contribution in [0.5, 0.6) is 0 Å². The summed E-state index contributed by atoms with van der Waals surface area (Å²) < 4.78 is 14.1. The molecular formula is C17H18FN3O3. The normalized spacial score (nSPS) is 16.0. The van der Waals surface area contributed by atoms with Gasteiger partial charge in [-0.05, 0) is 37.0 Å². The molecule has 2 aromatic rings. The molecule has 1 atom stereocenters. The minimum Gasteiger partial charge on any atom is -0.480 e. The van der Waals surface area contributed by atoms with E-state index in [2.05, 4.69) is 10.3 Å². The van der Waals surface area contributed by atoms with Crippen LogP contribution in [0.25, 0.3) is 0 Å². The smallest absolute Gasteiger partial charge is 0.326 e. The van der Waals surface area contributed by atoms with Gasteiger partial charge in [-0.25, -0.2) is 14.2 Å². The first-order valence-corrected chi connectivity index (χ1v) is 7.88. The number of aryl methyl sites for hydroxylation is 2. The number of carboxylic acid groups (broad SMARTS) is 1. The van der Waals surface area contributed by atoms with Gasteiger partial charge in [-0.1, -0.05) is 12.1 Å². The Kier molecular flexibility index (Phi) is 4.59. The fourth-order valence-corrected chi connectivity index (χ4v) is 2.93. The van der Waals surface area contributed by atoms with Gasteiger partial charge in [0.15, 0.2) is 0 Å². The van der Waals surface area contributed by atoms with Crippen LogP contribution in [0.15, 0.2) is 35.3 Å². The number of carboxylic acids is 1. The molecular weight excluding hydrogens is 313 g/mol. The van der Waals surface area contributed by atoms with Gasteiger partial charge < -0.3 is 10.4 Å². The molecule has 0 amide bonds. The van der Waals surface area contributed by atoms with Gasteiger partial charge in [-0.2, -0.15) is 0 Å². The Hall–Kier alpha value is -2.70. The summed E-state index contributed by atoms with van der Waals surface area (Å²) in [5.41, 5.74) is 0.991. The van der Waals surface area contributed by atoms with Crippen LogP contribution in [-0.2, 0) is 17.6 Å². The first-order valence-electron chi connectivity index (χ1n) is 7.88. The number of anilines is 1. The number of nitrogens with one attached hydrogen (secondary N) is 1. The number of aromatic nitrogens is 2. The number of carbonyl (C=O) groups is 1. The highest BCUT2D eigenvalue weighted by Crippen LogP contribution is 2.22. The molecule has 0 unspecified atom stereocenters. The number of fused-ring (bicyclic) bond motifs is 1. The summed E-state index contributed by atoms with van der Waals surface area (Å²) in [6, 6.07) is 5.48. The lowest BCUT2D eigenvalue weighted by Gasteiger charge is -2.12. The monoisotopic (exact) mass is 331 g/mol. The molecule has 24 heavy (non-hydrogen) atoms. The number of aliphatic carboxylic acids is 1. The van der Waals surface area contributed by atoms with Crippen LogP contribution in [0.1, 0.15) is 30.3 Å². The van der Waals surface area contributed by atoms with Gasteiger partial charge in [-0.3, -0.25) is 9.36 Å². The van der Waals surface area contributed by atoms with Crippen molar-refractivity contribution < 1.29 is 14.3 Å². The van der Waals surface area contributed by atoms with Gasteiger partial charge >= 0.3 is 5.97 Å². The van der Waals surface area contributed by atoms with Gasteiger partial charge in [0.25, 0.3) is 5.56 Å². The quantitative estimate of drug-likeness (QED) is 0.791. The van der Waals surface area contributed by atoms with E-state index >= 15 is 0 Å². The van der Waals surface area contributed by atoms with E-state index in [1.54, 1.807) is 12.1 Å². The third-order valence-electron chi connectivity index (χ3n) is 4.18. The van der Waals surface area contributed by atoms with Crippen LogP contribution in [0.4, 0.5) is 10.1 Å². The Balaban J connectivity index is 1.62. The molecule has 0 bridgehead atoms. The summed E-state index contributed by atoms with van der Waals surface area (Å²) in [5, 5.41) is 12.2. The van der Waals surface area contributed by atoms with Crippen molar-refractivity contribution in [2.24, 2.45) is 0 Å². The highest BCUT2D eigenvalue weighted by Gasteiger charge is 2.30. The van der Waals surface area contributed by atoms with Crippen molar-refractivity contribution in [3.8, 4) is 0 Å². The standard InChI is InChI=1S/C17H18FN3O3/c18-12-5-3-11(4-6-12)2-1-9-19-13-10-20-15-8-7-14(17(23)24)21(15)16(13)22/h3-6,10,14,19H,1-2,7-9H2,(H,23,24)/t14-/m0/s1. The number of benzene rings is 1. The summed E-state index contributed by atoms with van der Waals surface area (Å²) in [5.74, 6) is -0.752. The van der Waals surface area contributed by atoms with Crippen molar-refractivity contribution in [1.29, 1.82) is 0 Å². The van der Waals surface area contributed by atoms with Gasteiger partial charge in [0, 0.05) is 13.0 Å². The first kappa shape index (κ1) is 16.2. The summed E-state index contributed by atoms with van der Waals surface area (Å²) in [4.78, 5) is 27.9. The maximum Gasteiger partial charge on any atom is 0.326 e. The first-order chi connectivity index (χ1) is 11.6. The zero-order valence-electron chi connectivity index (χ0n) is 13.0. The van der Waals surface area contributed by atoms with Gasteiger partial charge in [0.1, 0.15) is 23.4 Å². The number of hydrogen-bond donors (Lipinski definition) is 2. The lowest BCUT2D eigenvalue weighted by molar-refractivity contribution is -0.140. The molecule has 0 aliphatic carbocycles. The molecule has 7 heteroatoms. The number of nitrogens with zero attached hydrogens (tertiary/aromatic N) is 2. The van der Waals surface area contributed by atoms with Crippen LogP contribution in [0, 0.1) is 5.82 Å². The molecule has 1 aromatic heterocycles. The van der Waals surface area contributed by atoms with Crippen LogP contribution in [0.2, 0.25) is 0 Å². The van der Waals surface area contributed by atoms with E-state index < -0.39 is 12.0 Å². The predicted octanol–water partition coefficient (Wildman–Crippen LogP) is 2.00. The lowest BCUT2D eigenvalue weighted by Crippen LogP contribution is -2.30. The number of hydrogen-bond acceptors (Lipinski definition) is 4. The largest absolute Gasteiger partial charge is 0.480 e.